The average Bonchev–Trinajstić information content (AvgIpc) is 4.04. The average molecular weight is 859 g/mol. The molecule has 3 aromatic carbocycles. The van der Waals surface area contributed by atoms with Gasteiger partial charge in [0.05, 0.1) is 33.9 Å². The van der Waals surface area contributed by atoms with Crippen molar-refractivity contribution < 1.29 is 0 Å². The molecule has 326 valence electrons. The molecule has 5 heteroatoms. The van der Waals surface area contributed by atoms with E-state index in [4.69, 9.17) is 9.97 Å². The largest absolute Gasteiger partial charge is 0.354 e. The molecule has 5 heterocycles. The first kappa shape index (κ1) is 44.6. The molecule has 4 nitrogen and oxygen atoms in total. The van der Waals surface area contributed by atoms with Crippen LogP contribution >= 0.6 is 0 Å². The van der Waals surface area contributed by atoms with Crippen molar-refractivity contribution in [2.24, 2.45) is 0 Å². The van der Waals surface area contributed by atoms with Gasteiger partial charge in [0.15, 0.2) is 0 Å². The number of hydrogen-bond acceptors (Lipinski definition) is 2. The summed E-state index contributed by atoms with van der Waals surface area (Å²) in [5.41, 5.74) is 23.5. The molecule has 2 aliphatic rings. The molecule has 3 aromatic heterocycles. The zero-order valence-corrected chi connectivity index (χ0v) is 41.9. The van der Waals surface area contributed by atoms with Gasteiger partial charge in [0.25, 0.3) is 0 Å². The Labute approximate surface area is 383 Å². The van der Waals surface area contributed by atoms with Crippen molar-refractivity contribution in [3.8, 4) is 44.8 Å². The van der Waals surface area contributed by atoms with E-state index in [9.17, 15) is 0 Å². The molecule has 8 rings (SSSR count). The fourth-order valence-electron chi connectivity index (χ4n) is 8.38. The van der Waals surface area contributed by atoms with Gasteiger partial charge in [-0.2, -0.15) is 0 Å². The molecule has 8 bridgehead atoms. The molecule has 0 radical (unpaired) electrons. The van der Waals surface area contributed by atoms with Gasteiger partial charge in [0.2, 0.25) is 0 Å². The van der Waals surface area contributed by atoms with E-state index in [0.29, 0.717) is 0 Å². The Balaban J connectivity index is 1.59. The fraction of sp³-hybridized carbons (Fsp3) is 0.322. The van der Waals surface area contributed by atoms with Crippen LogP contribution in [0, 0.1) is 11.5 Å². The minimum Gasteiger partial charge on any atom is -0.354 e. The number of aromatic nitrogens is 4. The molecule has 0 fully saturated rings. The van der Waals surface area contributed by atoms with Gasteiger partial charge in [-0.05, 0) is 109 Å². The van der Waals surface area contributed by atoms with E-state index in [1.807, 2.05) is 0 Å². The fourth-order valence-corrected chi connectivity index (χ4v) is 8.88. The second-order valence-electron chi connectivity index (χ2n) is 23.0. The third-order valence-electron chi connectivity index (χ3n) is 12.3. The third-order valence-corrected chi connectivity index (χ3v) is 13.2. The molecule has 0 atom stereocenters. The molecule has 0 unspecified atom stereocenters. The van der Waals surface area contributed by atoms with E-state index in [1.54, 1.807) is 0 Å². The Bertz CT molecular complexity index is 2970. The highest BCUT2D eigenvalue weighted by Crippen LogP contribution is 2.41. The lowest BCUT2D eigenvalue weighted by molar-refractivity contribution is 0.568. The SMILES string of the molecule is CC(C)(C)c1cc(-c2c3nc(c(-c4ccccc4)c4ccc([nH]4)c(-c4cc(C(C)(C)C)cc(C(C)(C)C)c4)c4nc(c(C#C[Si](C)(C)C)c5ccc2[nH]5)C=C4)C=C3)cc(C(C)(C)C)c1. The third kappa shape index (κ3) is 9.17. The summed E-state index contributed by atoms with van der Waals surface area (Å²) in [6.07, 6.45) is 8.72. The van der Waals surface area contributed by atoms with Crippen LogP contribution < -0.4 is 0 Å². The maximum atomic E-state index is 5.60. The predicted molar refractivity (Wildman–Crippen MR) is 280 cm³/mol. The Hall–Kier alpha value is -5.96. The van der Waals surface area contributed by atoms with Crippen molar-refractivity contribution in [1.82, 2.24) is 19.9 Å². The first-order chi connectivity index (χ1) is 29.8. The molecule has 2 aliphatic heterocycles. The molecule has 0 saturated carbocycles. The number of aromatic amines is 2. The second-order valence-corrected chi connectivity index (χ2v) is 27.7. The van der Waals surface area contributed by atoms with Gasteiger partial charge in [0.1, 0.15) is 8.07 Å². The summed E-state index contributed by atoms with van der Waals surface area (Å²) in [5, 5.41) is 0. The highest BCUT2D eigenvalue weighted by molar-refractivity contribution is 6.83. The van der Waals surface area contributed by atoms with Crippen molar-refractivity contribution in [2.75, 3.05) is 0 Å². The van der Waals surface area contributed by atoms with Crippen LogP contribution in [0.4, 0.5) is 0 Å². The quantitative estimate of drug-likeness (QED) is 0.137. The molecule has 6 aromatic rings. The molecule has 0 saturated heterocycles. The van der Waals surface area contributed by atoms with Gasteiger partial charge >= 0.3 is 0 Å². The molecule has 0 spiro atoms. The summed E-state index contributed by atoms with van der Waals surface area (Å²) in [7, 11) is -1.79. The predicted octanol–water partition coefficient (Wildman–Crippen LogP) is 16.1. The number of nitrogens with one attached hydrogen (secondary N) is 2. The van der Waals surface area contributed by atoms with Crippen LogP contribution in [-0.4, -0.2) is 28.0 Å². The standard InChI is InChI=1S/C59H66N4Si/c1-56(2,3)40-31-38(32-41(35-40)57(4,5)6)54-49-23-21-45(60-49)44(29-30-64(13,14)15)46-22-24-50(61-46)55(39-33-42(58(7,8)9)36-43(34-39)59(10,11)12)52-28-26-48(63-52)53(37-19-17-16-18-20-37)47-25-27-51(54)62-47/h16-28,31-36,60,63H,1-15H3. The Morgan fingerprint density at radius 3 is 1.14 bits per heavy atom. The van der Waals surface area contributed by atoms with E-state index in [1.165, 1.54) is 22.3 Å². The van der Waals surface area contributed by atoms with Crippen LogP contribution in [0.3, 0.4) is 0 Å². The Morgan fingerprint density at radius 2 is 0.750 bits per heavy atom. The van der Waals surface area contributed by atoms with Crippen LogP contribution in [0.25, 0.3) is 79.8 Å². The van der Waals surface area contributed by atoms with Crippen molar-refractivity contribution in [3.05, 3.63) is 142 Å². The summed E-state index contributed by atoms with van der Waals surface area (Å²) >= 11 is 0. The second kappa shape index (κ2) is 15.9. The minimum atomic E-state index is -1.79. The lowest BCUT2D eigenvalue weighted by atomic mass is 9.78. The van der Waals surface area contributed by atoms with Crippen LogP contribution in [0.15, 0.2) is 91.0 Å². The molecule has 0 amide bonds. The van der Waals surface area contributed by atoms with E-state index in [0.717, 1.165) is 83.8 Å². The summed E-state index contributed by atoms with van der Waals surface area (Å²) < 4.78 is 0. The van der Waals surface area contributed by atoms with Crippen LogP contribution in [0.1, 0.15) is 134 Å². The minimum absolute atomic E-state index is 0.0627. The van der Waals surface area contributed by atoms with Gasteiger partial charge in [-0.15, -0.1) is 5.54 Å². The normalized spacial score (nSPS) is 13.3. The van der Waals surface area contributed by atoms with Crippen molar-refractivity contribution in [2.45, 2.75) is 124 Å². The first-order valence-electron chi connectivity index (χ1n) is 22.9. The van der Waals surface area contributed by atoms with Crippen LogP contribution in [0.2, 0.25) is 19.6 Å². The number of rotatable bonds is 3. The molecule has 0 aliphatic carbocycles. The maximum Gasteiger partial charge on any atom is 0.129 e. The molecule has 2 N–H and O–H groups in total. The van der Waals surface area contributed by atoms with Crippen molar-refractivity contribution in [3.63, 3.8) is 0 Å². The molecular weight excluding hydrogens is 793 g/mol. The lowest BCUT2D eigenvalue weighted by Gasteiger charge is -2.26. The summed E-state index contributed by atoms with van der Waals surface area (Å²) in [5.74, 6) is 3.69. The highest BCUT2D eigenvalue weighted by atomic mass is 28.3. The van der Waals surface area contributed by atoms with Gasteiger partial charge in [-0.3, -0.25) is 0 Å². The monoisotopic (exact) mass is 859 g/mol. The Kier molecular flexibility index (Phi) is 11.1. The summed E-state index contributed by atoms with van der Waals surface area (Å²) in [4.78, 5) is 19.0. The maximum absolute atomic E-state index is 5.60. The van der Waals surface area contributed by atoms with E-state index >= 15 is 0 Å². The van der Waals surface area contributed by atoms with Gasteiger partial charge < -0.3 is 9.97 Å². The summed E-state index contributed by atoms with van der Waals surface area (Å²) in [6, 6.07) is 33.7. The topological polar surface area (TPSA) is 57.4 Å². The molecular formula is C59H66N4Si. The smallest absolute Gasteiger partial charge is 0.129 e. The summed E-state index contributed by atoms with van der Waals surface area (Å²) in [6.45, 7) is 34.5. The van der Waals surface area contributed by atoms with Crippen molar-refractivity contribution in [1.29, 1.82) is 0 Å². The first-order valence-corrected chi connectivity index (χ1v) is 26.4. The molecule has 64 heavy (non-hydrogen) atoms. The Morgan fingerprint density at radius 1 is 0.406 bits per heavy atom. The van der Waals surface area contributed by atoms with Crippen LogP contribution in [0.5, 0.6) is 0 Å². The number of H-pyrrole nitrogens is 2. The van der Waals surface area contributed by atoms with Crippen LogP contribution in [-0.2, 0) is 21.7 Å². The lowest BCUT2D eigenvalue weighted by Crippen LogP contribution is -2.16. The van der Waals surface area contributed by atoms with E-state index < -0.39 is 8.07 Å². The number of nitrogens with zero attached hydrogens (tertiary/aromatic N) is 2. The number of fused-ring (bicyclic) bond motifs is 8. The zero-order chi connectivity index (χ0) is 46.1. The number of benzene rings is 3. The number of hydrogen-bond donors (Lipinski definition) is 2. The van der Waals surface area contributed by atoms with Crippen molar-refractivity contribution >= 4 is 54.4 Å². The van der Waals surface area contributed by atoms with Gasteiger partial charge in [-0.25, -0.2) is 9.97 Å². The van der Waals surface area contributed by atoms with E-state index in [2.05, 4.69) is 239 Å². The highest BCUT2D eigenvalue weighted by Gasteiger charge is 2.26. The van der Waals surface area contributed by atoms with E-state index in [-0.39, 0.29) is 21.7 Å². The van der Waals surface area contributed by atoms with Gasteiger partial charge in [-0.1, -0.05) is 175 Å². The zero-order valence-electron chi connectivity index (χ0n) is 40.9. The van der Waals surface area contributed by atoms with Gasteiger partial charge in [0, 0.05) is 33.2 Å².